The Morgan fingerprint density at radius 1 is 1.59 bits per heavy atom. The lowest BCUT2D eigenvalue weighted by Crippen LogP contribution is -2.50. The molecule has 1 aliphatic carbocycles. The van der Waals surface area contributed by atoms with Gasteiger partial charge in [0.2, 0.25) is 5.91 Å². The van der Waals surface area contributed by atoms with E-state index in [1.54, 1.807) is 0 Å². The molecular weight excluding hydrogens is 240 g/mol. The lowest BCUT2D eigenvalue weighted by Gasteiger charge is -2.35. The first-order valence-electron chi connectivity index (χ1n) is 5.47. The molecule has 0 bridgehead atoms. The van der Waals surface area contributed by atoms with Gasteiger partial charge in [0.15, 0.2) is 0 Å². The zero-order chi connectivity index (χ0) is 12.5. The molecule has 0 aliphatic heterocycles. The molecule has 0 aromatic carbocycles. The fourth-order valence-corrected chi connectivity index (χ4v) is 2.51. The number of thiazole rings is 1. The molecular formula is C11H14N2O3S. The summed E-state index contributed by atoms with van der Waals surface area (Å²) in [5, 5.41) is 14.5. The second kappa shape index (κ2) is 4.44. The van der Waals surface area contributed by atoms with Crippen LogP contribution < -0.4 is 5.32 Å². The summed E-state index contributed by atoms with van der Waals surface area (Å²) in [4.78, 5) is 27.1. The van der Waals surface area contributed by atoms with Crippen molar-refractivity contribution >= 4 is 23.2 Å². The first-order chi connectivity index (χ1) is 8.04. The van der Waals surface area contributed by atoms with Crippen LogP contribution in [0.4, 0.5) is 0 Å². The van der Waals surface area contributed by atoms with E-state index in [0.717, 1.165) is 17.1 Å². The highest BCUT2D eigenvalue weighted by Crippen LogP contribution is 2.41. The van der Waals surface area contributed by atoms with Crippen LogP contribution in [0.3, 0.4) is 0 Å². The average molecular weight is 254 g/mol. The van der Waals surface area contributed by atoms with Crippen LogP contribution in [-0.2, 0) is 16.1 Å². The van der Waals surface area contributed by atoms with Gasteiger partial charge in [-0.05, 0) is 19.8 Å². The molecule has 2 rings (SSSR count). The molecule has 0 saturated heterocycles. The van der Waals surface area contributed by atoms with Crippen LogP contribution in [0, 0.1) is 12.3 Å². The van der Waals surface area contributed by atoms with Crippen molar-refractivity contribution in [1.82, 2.24) is 10.3 Å². The van der Waals surface area contributed by atoms with Crippen molar-refractivity contribution in [2.45, 2.75) is 32.7 Å². The molecule has 1 fully saturated rings. The third-order valence-electron chi connectivity index (χ3n) is 3.15. The number of aromatic nitrogens is 1. The van der Waals surface area contributed by atoms with E-state index < -0.39 is 11.4 Å². The molecule has 1 saturated carbocycles. The normalized spacial score (nSPS) is 17.2. The summed E-state index contributed by atoms with van der Waals surface area (Å²) in [6.07, 6.45) is 1.67. The molecule has 2 N–H and O–H groups in total. The van der Waals surface area contributed by atoms with Gasteiger partial charge in [0, 0.05) is 5.38 Å². The van der Waals surface area contributed by atoms with Gasteiger partial charge >= 0.3 is 5.97 Å². The third-order valence-corrected chi connectivity index (χ3v) is 3.97. The van der Waals surface area contributed by atoms with Crippen molar-refractivity contribution in [1.29, 1.82) is 0 Å². The average Bonchev–Trinajstić information content (AvgIpc) is 2.59. The lowest BCUT2D eigenvalue weighted by molar-refractivity contribution is -0.162. The summed E-state index contributed by atoms with van der Waals surface area (Å²) in [5.74, 6) is -1.40. The molecule has 0 unspecified atom stereocenters. The predicted octanol–water partition coefficient (Wildman–Crippen LogP) is 1.32. The van der Waals surface area contributed by atoms with Gasteiger partial charge in [0.1, 0.15) is 5.41 Å². The largest absolute Gasteiger partial charge is 0.480 e. The zero-order valence-electron chi connectivity index (χ0n) is 9.52. The summed E-state index contributed by atoms with van der Waals surface area (Å²) in [6.45, 7) is 2.19. The van der Waals surface area contributed by atoms with Crippen LogP contribution in [0.1, 0.15) is 30.0 Å². The minimum absolute atomic E-state index is 0.304. The van der Waals surface area contributed by atoms with Gasteiger partial charge in [-0.3, -0.25) is 9.59 Å². The summed E-state index contributed by atoms with van der Waals surface area (Å²) in [6, 6.07) is 0. The van der Waals surface area contributed by atoms with E-state index in [0.29, 0.717) is 19.4 Å². The minimum Gasteiger partial charge on any atom is -0.480 e. The van der Waals surface area contributed by atoms with E-state index in [4.69, 9.17) is 5.11 Å². The summed E-state index contributed by atoms with van der Waals surface area (Å²) in [7, 11) is 0. The number of carboxylic acids is 1. The van der Waals surface area contributed by atoms with Crippen LogP contribution in [0.2, 0.25) is 0 Å². The fraction of sp³-hybridized carbons (Fsp3) is 0.545. The second-order valence-corrected chi connectivity index (χ2v) is 5.34. The van der Waals surface area contributed by atoms with Gasteiger partial charge in [0.25, 0.3) is 0 Å². The van der Waals surface area contributed by atoms with Crippen LogP contribution in [0.5, 0.6) is 0 Å². The number of carbonyl (C=O) groups is 2. The molecule has 1 aromatic rings. The van der Waals surface area contributed by atoms with Gasteiger partial charge in [-0.25, -0.2) is 4.98 Å². The summed E-state index contributed by atoms with van der Waals surface area (Å²) >= 11 is 1.51. The molecule has 1 heterocycles. The number of carbonyl (C=O) groups excluding carboxylic acids is 1. The van der Waals surface area contributed by atoms with E-state index in [-0.39, 0.29) is 5.91 Å². The lowest BCUT2D eigenvalue weighted by atomic mass is 9.68. The molecule has 0 spiro atoms. The predicted molar refractivity (Wildman–Crippen MR) is 62.6 cm³/mol. The van der Waals surface area contributed by atoms with E-state index in [1.807, 2.05) is 12.3 Å². The highest BCUT2D eigenvalue weighted by molar-refractivity contribution is 7.09. The topological polar surface area (TPSA) is 79.3 Å². The number of nitrogens with one attached hydrogen (secondary N) is 1. The van der Waals surface area contributed by atoms with Crippen molar-refractivity contribution in [3.05, 3.63) is 16.1 Å². The van der Waals surface area contributed by atoms with Gasteiger partial charge in [-0.1, -0.05) is 6.42 Å². The maximum atomic E-state index is 11.9. The molecule has 0 atom stereocenters. The monoisotopic (exact) mass is 254 g/mol. The maximum Gasteiger partial charge on any atom is 0.319 e. The standard InChI is InChI=1S/C11H14N2O3S/c1-7-13-8(6-17-7)5-12-9(14)11(10(15)16)3-2-4-11/h6H,2-5H2,1H3,(H,12,14)(H,15,16). The number of amides is 1. The molecule has 6 heteroatoms. The van der Waals surface area contributed by atoms with Gasteiger partial charge < -0.3 is 10.4 Å². The van der Waals surface area contributed by atoms with Crippen LogP contribution in [0.25, 0.3) is 0 Å². The van der Waals surface area contributed by atoms with Crippen molar-refractivity contribution < 1.29 is 14.7 Å². The Kier molecular flexibility index (Phi) is 3.15. The highest BCUT2D eigenvalue weighted by Gasteiger charge is 2.51. The van der Waals surface area contributed by atoms with E-state index in [9.17, 15) is 9.59 Å². The van der Waals surface area contributed by atoms with Gasteiger partial charge in [-0.15, -0.1) is 11.3 Å². The SMILES string of the molecule is Cc1nc(CNC(=O)C2(C(=O)O)CCC2)cs1. The Balaban J connectivity index is 1.95. The Hall–Kier alpha value is -1.43. The Morgan fingerprint density at radius 2 is 2.29 bits per heavy atom. The third kappa shape index (κ3) is 2.17. The number of rotatable bonds is 4. The number of carboxylic acid groups (broad SMARTS) is 1. The molecule has 92 valence electrons. The van der Waals surface area contributed by atoms with Crippen molar-refractivity contribution in [3.63, 3.8) is 0 Å². The van der Waals surface area contributed by atoms with Crippen LogP contribution in [-0.4, -0.2) is 22.0 Å². The minimum atomic E-state index is -1.19. The first kappa shape index (κ1) is 12.0. The highest BCUT2D eigenvalue weighted by atomic mass is 32.1. The molecule has 5 nitrogen and oxygen atoms in total. The van der Waals surface area contributed by atoms with Gasteiger partial charge in [0.05, 0.1) is 17.2 Å². The van der Waals surface area contributed by atoms with Crippen LogP contribution >= 0.6 is 11.3 Å². The number of nitrogens with zero attached hydrogens (tertiary/aromatic N) is 1. The number of aliphatic carboxylic acids is 1. The number of hydrogen-bond donors (Lipinski definition) is 2. The Labute approximate surface area is 103 Å². The molecule has 1 amide bonds. The van der Waals surface area contributed by atoms with E-state index in [1.165, 1.54) is 11.3 Å². The maximum absolute atomic E-state index is 11.9. The van der Waals surface area contributed by atoms with Gasteiger partial charge in [-0.2, -0.15) is 0 Å². The summed E-state index contributed by atoms with van der Waals surface area (Å²) < 4.78 is 0. The van der Waals surface area contributed by atoms with E-state index in [2.05, 4.69) is 10.3 Å². The van der Waals surface area contributed by atoms with Crippen molar-refractivity contribution in [2.75, 3.05) is 0 Å². The quantitative estimate of drug-likeness (QED) is 0.794. The smallest absolute Gasteiger partial charge is 0.319 e. The zero-order valence-corrected chi connectivity index (χ0v) is 10.3. The fourth-order valence-electron chi connectivity index (χ4n) is 1.90. The number of aryl methyl sites for hydroxylation is 1. The molecule has 0 radical (unpaired) electrons. The molecule has 1 aromatic heterocycles. The summed E-state index contributed by atoms with van der Waals surface area (Å²) in [5.41, 5.74) is -0.411. The Morgan fingerprint density at radius 3 is 2.71 bits per heavy atom. The number of hydrogen-bond acceptors (Lipinski definition) is 4. The molecule has 17 heavy (non-hydrogen) atoms. The molecule has 1 aliphatic rings. The van der Waals surface area contributed by atoms with Crippen LogP contribution in [0.15, 0.2) is 5.38 Å². The van der Waals surface area contributed by atoms with Crippen molar-refractivity contribution in [2.24, 2.45) is 5.41 Å². The van der Waals surface area contributed by atoms with E-state index >= 15 is 0 Å². The second-order valence-electron chi connectivity index (χ2n) is 4.28. The first-order valence-corrected chi connectivity index (χ1v) is 6.35. The Bertz CT molecular complexity index is 451. The van der Waals surface area contributed by atoms with Crippen molar-refractivity contribution in [3.8, 4) is 0 Å².